The second-order valence-corrected chi connectivity index (χ2v) is 39.4. The summed E-state index contributed by atoms with van der Waals surface area (Å²) in [6.45, 7) is 24.5. The summed E-state index contributed by atoms with van der Waals surface area (Å²) < 4.78 is 37.9. The van der Waals surface area contributed by atoms with Crippen molar-refractivity contribution in [1.29, 1.82) is 0 Å². The minimum Gasteiger partial charge on any atom is -0.512 e. The fourth-order valence-corrected chi connectivity index (χ4v) is 18.1. The first-order chi connectivity index (χ1) is 69.6. The predicted molar refractivity (Wildman–Crippen MR) is 593 cm³/mol. The number of pyridine rings is 3. The first kappa shape index (κ1) is 129. The molecule has 19 aromatic rings. The van der Waals surface area contributed by atoms with Crippen molar-refractivity contribution < 1.29 is 153 Å². The molecule has 19 rings (SSSR count). The number of aliphatic hydroxyl groups is 4. The molecule has 0 spiro atoms. The van der Waals surface area contributed by atoms with Gasteiger partial charge in [-0.3, -0.25) is 44.2 Å². The van der Waals surface area contributed by atoms with Gasteiger partial charge in [0.2, 0.25) is 0 Å². The topological polar surface area (TPSA) is 266 Å². The third kappa shape index (κ3) is 45.0. The average Bonchev–Trinajstić information content (AvgIpc) is 1.02. The molecule has 0 fully saturated rings. The van der Waals surface area contributed by atoms with Gasteiger partial charge in [0.05, 0.1) is 101 Å². The van der Waals surface area contributed by atoms with E-state index in [-0.39, 0.29) is 163 Å². The summed E-state index contributed by atoms with van der Waals surface area (Å²) in [4.78, 5) is 70.4. The molecule has 5 radical (unpaired) electrons. The number of hydrogen-bond donors (Lipinski definition) is 4. The molecular weight excluding hydrogens is 2830 g/mol. The molecule has 0 bridgehead atoms. The fourth-order valence-electron chi connectivity index (χ4n) is 13.7. The van der Waals surface area contributed by atoms with E-state index < -0.39 is 27.8 Å². The molecule has 0 atom stereocenters. The van der Waals surface area contributed by atoms with Gasteiger partial charge < -0.3 is 40.5 Å². The summed E-state index contributed by atoms with van der Waals surface area (Å²) in [5, 5.41) is 51.5. The number of thiazole rings is 1. The number of carbonyl (C=O) groups excluding carboxylic acids is 4. The molecule has 13 aromatic carbocycles. The van der Waals surface area contributed by atoms with Crippen LogP contribution in [0.4, 0.5) is 13.2 Å². The zero-order valence-electron chi connectivity index (χ0n) is 84.9. The smallest absolute Gasteiger partial charge is 0.512 e. The molecule has 779 valence electrons. The number of benzene rings is 13. The summed E-state index contributed by atoms with van der Waals surface area (Å²) in [6.07, 6.45) is 5.28. The third-order valence-electron chi connectivity index (χ3n) is 20.4. The van der Waals surface area contributed by atoms with Gasteiger partial charge in [-0.15, -0.1) is 143 Å². The number of para-hydroxylation sites is 3. The van der Waals surface area contributed by atoms with Gasteiger partial charge in [0.25, 0.3) is 0 Å². The number of carbonyl (C=O) groups is 4. The number of rotatable bonds is 14. The number of aromatic nitrogens is 9. The fraction of sp³-hybridized carbons (Fsp3) is 0.131. The van der Waals surface area contributed by atoms with Crippen molar-refractivity contribution in [2.24, 2.45) is 0 Å². The van der Waals surface area contributed by atoms with Crippen LogP contribution in [0.1, 0.15) is 93.1 Å². The number of halogens is 3. The zero-order valence-corrected chi connectivity index (χ0v) is 99.8. The number of aryl methyl sites for hydroxylation is 1. The van der Waals surface area contributed by atoms with E-state index in [9.17, 15) is 32.3 Å². The van der Waals surface area contributed by atoms with E-state index in [0.29, 0.717) is 0 Å². The summed E-state index contributed by atoms with van der Waals surface area (Å²) in [7, 11) is -1.09. The Labute approximate surface area is 949 Å². The predicted octanol–water partition coefficient (Wildman–Crippen LogP) is 28.2. The van der Waals surface area contributed by atoms with Crippen LogP contribution in [0.25, 0.3) is 110 Å². The van der Waals surface area contributed by atoms with E-state index in [4.69, 9.17) is 30.4 Å². The molecule has 0 aliphatic rings. The molecule has 0 saturated carbocycles. The van der Waals surface area contributed by atoms with Crippen LogP contribution in [0, 0.1) is 31.2 Å². The molecule has 17 nitrogen and oxygen atoms in total. The summed E-state index contributed by atoms with van der Waals surface area (Å²) in [6, 6.07) is 137. The molecule has 150 heavy (non-hydrogen) atoms. The zero-order chi connectivity index (χ0) is 105. The van der Waals surface area contributed by atoms with Crippen molar-refractivity contribution in [3.05, 3.63) is 471 Å². The van der Waals surface area contributed by atoms with Gasteiger partial charge in [-0.05, 0) is 215 Å². The van der Waals surface area contributed by atoms with Crippen LogP contribution >= 0.6 is 27.2 Å². The van der Waals surface area contributed by atoms with Gasteiger partial charge in [-0.2, -0.15) is 24.5 Å². The Balaban J connectivity index is 0.000000349. The summed E-state index contributed by atoms with van der Waals surface area (Å²) in [5.74, 6) is -1.61. The summed E-state index contributed by atoms with van der Waals surface area (Å²) >= 11 is 1.71. The van der Waals surface area contributed by atoms with Crippen molar-refractivity contribution in [2.75, 3.05) is 13.3 Å². The summed E-state index contributed by atoms with van der Waals surface area (Å²) in [5.41, 5.74) is 14.4. The number of ketones is 4. The van der Waals surface area contributed by atoms with Gasteiger partial charge in [0.1, 0.15) is 5.82 Å². The Bertz CT molecular complexity index is 7040. The molecule has 0 aliphatic heterocycles. The quantitative estimate of drug-likeness (QED) is 0.0341. The van der Waals surface area contributed by atoms with Crippen molar-refractivity contribution in [3.63, 3.8) is 0 Å². The van der Waals surface area contributed by atoms with E-state index >= 15 is 0 Å². The largest absolute Gasteiger partial charge is 1.00 e. The Kier molecular flexibility index (Phi) is 58.5. The first-order valence-corrected chi connectivity index (χ1v) is 51.0. The number of nitrogens with zero attached hydrogens (tertiary/aromatic N) is 9. The van der Waals surface area contributed by atoms with Gasteiger partial charge >= 0.3 is 26.0 Å². The first-order valence-electron chi connectivity index (χ1n) is 46.2. The number of alkyl halides is 3. The van der Waals surface area contributed by atoms with Crippen molar-refractivity contribution in [3.8, 4) is 67.1 Å². The van der Waals surface area contributed by atoms with Gasteiger partial charge in [0.15, 0.2) is 23.1 Å². The van der Waals surface area contributed by atoms with E-state index in [0.717, 1.165) is 77.7 Å². The average molecular weight is 2950 g/mol. The molecule has 0 aliphatic carbocycles. The molecule has 4 N–H and O–H groups in total. The molecule has 6 heterocycles. The van der Waals surface area contributed by atoms with Crippen LogP contribution in [-0.4, -0.2) is 96.9 Å². The second kappa shape index (κ2) is 67.9. The van der Waals surface area contributed by atoms with Crippen LogP contribution in [0.15, 0.2) is 430 Å². The van der Waals surface area contributed by atoms with Gasteiger partial charge in [0, 0.05) is 139 Å². The van der Waals surface area contributed by atoms with E-state index in [1.54, 1.807) is 30.4 Å². The number of allylic oxidation sites excluding steroid dienone is 8. The number of hydrogen-bond acceptors (Lipinski definition) is 17. The maximum Gasteiger partial charge on any atom is 1.00 e. The molecular formula is C122H115F3Ir4N9O8OsP2S-2. The van der Waals surface area contributed by atoms with Gasteiger partial charge in [-0.1, -0.05) is 197 Å². The molecule has 6 aromatic heterocycles. The standard InChI is InChI=1S/C20H13N2.C19H18N.C15H10N.C13H8NS.2C13H13P.C9H6F3N4.4C5H8O2.4Ir.Os/c1-3-9-15(10-4-1)19-20(16-11-5-2-6-12-16)22-18-14-8-7-13-17(18)21-19;1-19(2,3)16-10-8-15(9-11-16)18-17-7-5-4-6-14(17)12-13-20-18;1-2-7-13(8-3-1)15-14-9-5-4-6-12(14)10-11-16-15;1-2-6-10(7-3-1)13-14-11-8-4-5-9-12(11)15-13;2*1-14(12-8-4-2-5-9-12)13-10-6-3-7-11-13;1-5-2-3-13-6(4-5)7-14-8(16-15-7)9(10,11)12;4*1-4(6)3-5(2)7;;;;;/h1-11,13-14H;4-8,10-13H,1-3H3;1-7,9-11H;1-6,8-9H;2*2-11H,1H3;2-4H,1H3;4*3,6H,1-2H3;;;;;/q4*-1;;;-1;;;;;;;;;+1/p+2. The van der Waals surface area contributed by atoms with Crippen LogP contribution in [0.5, 0.6) is 0 Å². The monoisotopic (exact) mass is 2950 g/mol. The number of aliphatic hydroxyl groups excluding tert-OH is 4. The molecule has 0 amide bonds. The van der Waals surface area contributed by atoms with E-state index in [1.165, 1.54) is 139 Å². The second-order valence-electron chi connectivity index (χ2n) is 33.6. The van der Waals surface area contributed by atoms with Crippen LogP contribution in [-0.2, 0) is 131 Å². The Morgan fingerprint density at radius 1 is 0.367 bits per heavy atom. The van der Waals surface area contributed by atoms with E-state index in [1.807, 2.05) is 170 Å². The maximum absolute atomic E-state index is 12.2. The van der Waals surface area contributed by atoms with Crippen LogP contribution < -0.4 is 26.3 Å². The van der Waals surface area contributed by atoms with E-state index in [2.05, 4.69) is 288 Å². The van der Waals surface area contributed by atoms with Crippen molar-refractivity contribution in [1.82, 2.24) is 45.1 Å². The van der Waals surface area contributed by atoms with Gasteiger partial charge in [-0.25, -0.2) is 0 Å². The Morgan fingerprint density at radius 3 is 1.06 bits per heavy atom. The Hall–Kier alpha value is -13.1. The minimum atomic E-state index is -4.57. The minimum absolute atomic E-state index is 0. The van der Waals surface area contributed by atoms with Crippen molar-refractivity contribution in [2.45, 2.75) is 94.7 Å². The number of fused-ring (bicyclic) bond motifs is 4. The maximum atomic E-state index is 12.2. The molecule has 0 unspecified atom stereocenters. The SMILES string of the molecule is CC(=O)C=C(C)O.CC(=O)C=C(C)O.CC(=O)C=C(C)O.CC(=O)C=C(C)O.CC(C)(C)c1c[c-]c(-c2nccc3ccccc23)cc1.C[PH+](c1ccccc1)c1ccccc1.C[PH+](c1ccccc1)c1ccccc1.Cc1ccnc(-c2nc(C(F)(F)F)n[n-]2)c1.[Ir].[Ir].[Ir].[Ir].[Os+].[c-]1ccccc1-c1nc2ccccc2nc1-c1ccccc1.[c-]1ccccc1-c1nc2ccccc2s1.[c-]1ccccc1-c1nccc2ccccc12. The van der Waals surface area contributed by atoms with Crippen LogP contribution in [0.2, 0.25) is 0 Å². The molecule has 28 heteroatoms. The third-order valence-corrected chi connectivity index (χ3v) is 26.3. The Morgan fingerprint density at radius 2 is 0.713 bits per heavy atom. The van der Waals surface area contributed by atoms with Crippen LogP contribution in [0.3, 0.4) is 0 Å². The molecule has 0 saturated heterocycles. The van der Waals surface area contributed by atoms with Crippen molar-refractivity contribution >= 4 is 114 Å². The normalized spacial score (nSPS) is 10.7.